The number of benzene rings is 1. The Morgan fingerprint density at radius 1 is 1.19 bits per heavy atom. The summed E-state index contributed by atoms with van der Waals surface area (Å²) in [5.41, 5.74) is 6.23. The van der Waals surface area contributed by atoms with Gasteiger partial charge < -0.3 is 16.0 Å². The van der Waals surface area contributed by atoms with E-state index in [1.54, 1.807) is 0 Å². The molecule has 0 saturated carbocycles. The summed E-state index contributed by atoms with van der Waals surface area (Å²) in [6.45, 7) is 1.81. The van der Waals surface area contributed by atoms with Crippen molar-refractivity contribution < 1.29 is 4.39 Å². The van der Waals surface area contributed by atoms with Gasteiger partial charge in [0, 0.05) is 13.1 Å². The van der Waals surface area contributed by atoms with Crippen LogP contribution in [0.4, 0.5) is 27.9 Å². The Morgan fingerprint density at radius 2 is 1.95 bits per heavy atom. The van der Waals surface area contributed by atoms with Crippen LogP contribution in [0.5, 0.6) is 0 Å². The predicted molar refractivity (Wildman–Crippen MR) is 80.4 cm³/mol. The Morgan fingerprint density at radius 3 is 2.67 bits per heavy atom. The minimum atomic E-state index is -0.404. The molecule has 0 spiro atoms. The molecule has 0 bridgehead atoms. The first-order valence-corrected chi connectivity index (χ1v) is 6.98. The van der Waals surface area contributed by atoms with Crippen LogP contribution in [0.3, 0.4) is 0 Å². The lowest BCUT2D eigenvalue weighted by Crippen LogP contribution is -2.22. The monoisotopic (exact) mass is 308 g/mol. The number of nitrogens with two attached hydrogens (primary N) is 1. The van der Waals surface area contributed by atoms with Crippen LogP contribution < -0.4 is 16.0 Å². The molecule has 1 aromatic heterocycles. The van der Waals surface area contributed by atoms with E-state index in [-0.39, 0.29) is 16.9 Å². The summed E-state index contributed by atoms with van der Waals surface area (Å²) in [6.07, 6.45) is 2.22. The average Bonchev–Trinajstić information content (AvgIpc) is 2.95. The molecule has 8 heteroatoms. The summed E-state index contributed by atoms with van der Waals surface area (Å²) >= 11 is 5.97. The van der Waals surface area contributed by atoms with Crippen molar-refractivity contribution in [2.24, 2.45) is 0 Å². The normalized spacial score (nSPS) is 14.5. The number of anilines is 4. The first kappa shape index (κ1) is 13.8. The van der Waals surface area contributed by atoms with Crippen molar-refractivity contribution in [3.05, 3.63) is 29.0 Å². The van der Waals surface area contributed by atoms with E-state index in [1.165, 1.54) is 18.2 Å². The molecule has 110 valence electrons. The van der Waals surface area contributed by atoms with Gasteiger partial charge in [-0.05, 0) is 31.0 Å². The first-order valence-electron chi connectivity index (χ1n) is 6.60. The van der Waals surface area contributed by atoms with Crippen LogP contribution in [0.1, 0.15) is 12.8 Å². The van der Waals surface area contributed by atoms with Crippen LogP contribution in [0.2, 0.25) is 5.02 Å². The molecule has 0 unspecified atom stereocenters. The molecule has 21 heavy (non-hydrogen) atoms. The molecule has 0 amide bonds. The molecule has 0 atom stereocenters. The summed E-state index contributed by atoms with van der Waals surface area (Å²) in [5.74, 6) is 0.560. The van der Waals surface area contributed by atoms with Crippen LogP contribution in [-0.2, 0) is 0 Å². The highest BCUT2D eigenvalue weighted by Gasteiger charge is 2.17. The molecular formula is C13H14ClFN6. The fraction of sp³-hybridized carbons (Fsp3) is 0.308. The molecule has 0 aliphatic carbocycles. The first-order chi connectivity index (χ1) is 10.1. The van der Waals surface area contributed by atoms with E-state index >= 15 is 0 Å². The lowest BCUT2D eigenvalue weighted by molar-refractivity contribution is 0.628. The molecule has 1 aliphatic heterocycles. The Kier molecular flexibility index (Phi) is 3.74. The van der Waals surface area contributed by atoms with Crippen molar-refractivity contribution in [2.45, 2.75) is 12.8 Å². The minimum absolute atomic E-state index is 0.132. The van der Waals surface area contributed by atoms with Gasteiger partial charge >= 0.3 is 0 Å². The van der Waals surface area contributed by atoms with Gasteiger partial charge in [0.1, 0.15) is 5.82 Å². The number of halogens is 2. The maximum Gasteiger partial charge on any atom is 0.233 e. The summed E-state index contributed by atoms with van der Waals surface area (Å²) < 4.78 is 13.0. The van der Waals surface area contributed by atoms with Crippen molar-refractivity contribution >= 4 is 35.1 Å². The van der Waals surface area contributed by atoms with Gasteiger partial charge in [-0.3, -0.25) is 0 Å². The fourth-order valence-electron chi connectivity index (χ4n) is 2.21. The van der Waals surface area contributed by atoms with Crippen molar-refractivity contribution in [2.75, 3.05) is 29.0 Å². The van der Waals surface area contributed by atoms with Gasteiger partial charge in [-0.25, -0.2) is 4.39 Å². The zero-order chi connectivity index (χ0) is 14.8. The molecule has 3 N–H and O–H groups in total. The van der Waals surface area contributed by atoms with Crippen LogP contribution in [0.15, 0.2) is 18.2 Å². The number of hydrogen-bond acceptors (Lipinski definition) is 6. The van der Waals surface area contributed by atoms with Gasteiger partial charge in [0.15, 0.2) is 0 Å². The molecular weight excluding hydrogens is 295 g/mol. The lowest BCUT2D eigenvalue weighted by Gasteiger charge is -2.16. The average molecular weight is 309 g/mol. The second-order valence-electron chi connectivity index (χ2n) is 4.76. The molecule has 3 rings (SSSR count). The maximum atomic E-state index is 13.0. The van der Waals surface area contributed by atoms with Gasteiger partial charge in [0.05, 0.1) is 10.7 Å². The third kappa shape index (κ3) is 3.13. The van der Waals surface area contributed by atoms with Crippen molar-refractivity contribution in [1.29, 1.82) is 0 Å². The predicted octanol–water partition coefficient (Wildman–Crippen LogP) is 2.59. The number of nitrogen functional groups attached to an aromatic ring is 1. The van der Waals surface area contributed by atoms with Crippen molar-refractivity contribution in [3.8, 4) is 0 Å². The second-order valence-corrected chi connectivity index (χ2v) is 5.17. The Bertz CT molecular complexity index is 659. The second kappa shape index (κ2) is 5.69. The topological polar surface area (TPSA) is 80.0 Å². The van der Waals surface area contributed by atoms with Crippen LogP contribution in [0, 0.1) is 5.82 Å². The quantitative estimate of drug-likeness (QED) is 0.907. The van der Waals surface area contributed by atoms with E-state index in [1.807, 2.05) is 0 Å². The van der Waals surface area contributed by atoms with Gasteiger partial charge in [-0.1, -0.05) is 11.6 Å². The Balaban J connectivity index is 1.87. The number of nitrogens with zero attached hydrogens (tertiary/aromatic N) is 4. The highest BCUT2D eigenvalue weighted by Crippen LogP contribution is 2.26. The standard InChI is InChI=1S/C13H14ClFN6/c14-9-7-8(15)3-4-10(9)17-12-18-11(16)19-13(20-12)21-5-1-2-6-21/h3-4,7H,1-2,5-6H2,(H3,16,17,18,19,20). The molecule has 2 aromatic rings. The summed E-state index contributed by atoms with van der Waals surface area (Å²) in [4.78, 5) is 14.6. The molecule has 1 aromatic carbocycles. The molecule has 2 heterocycles. The van der Waals surface area contributed by atoms with Gasteiger partial charge in [-0.2, -0.15) is 15.0 Å². The summed E-state index contributed by atoms with van der Waals surface area (Å²) in [7, 11) is 0. The highest BCUT2D eigenvalue weighted by molar-refractivity contribution is 6.33. The zero-order valence-electron chi connectivity index (χ0n) is 11.2. The van der Waals surface area contributed by atoms with Gasteiger partial charge in [0.2, 0.25) is 17.8 Å². The smallest absolute Gasteiger partial charge is 0.233 e. The molecule has 0 radical (unpaired) electrons. The third-order valence-electron chi connectivity index (χ3n) is 3.21. The SMILES string of the molecule is Nc1nc(Nc2ccc(F)cc2Cl)nc(N2CCCC2)n1. The summed E-state index contributed by atoms with van der Waals surface area (Å²) in [6, 6.07) is 4.04. The van der Waals surface area contributed by atoms with E-state index in [9.17, 15) is 4.39 Å². The minimum Gasteiger partial charge on any atom is -0.368 e. The van der Waals surface area contributed by atoms with Crippen LogP contribution >= 0.6 is 11.6 Å². The third-order valence-corrected chi connectivity index (χ3v) is 3.52. The summed E-state index contributed by atoms with van der Waals surface area (Å²) in [5, 5.41) is 3.18. The molecule has 1 aliphatic rings. The van der Waals surface area contributed by atoms with E-state index in [4.69, 9.17) is 17.3 Å². The number of rotatable bonds is 3. The zero-order valence-corrected chi connectivity index (χ0v) is 11.9. The van der Waals surface area contributed by atoms with E-state index < -0.39 is 5.82 Å². The lowest BCUT2D eigenvalue weighted by atomic mass is 10.3. The van der Waals surface area contributed by atoms with Crippen molar-refractivity contribution in [1.82, 2.24) is 15.0 Å². The number of hydrogen-bond donors (Lipinski definition) is 2. The van der Waals surface area contributed by atoms with E-state index in [0.717, 1.165) is 25.9 Å². The fourth-order valence-corrected chi connectivity index (χ4v) is 2.42. The Labute approximate surface area is 126 Å². The largest absolute Gasteiger partial charge is 0.368 e. The van der Waals surface area contributed by atoms with Gasteiger partial charge in [0.25, 0.3) is 0 Å². The van der Waals surface area contributed by atoms with E-state index in [0.29, 0.717) is 11.6 Å². The number of nitrogens with one attached hydrogen (secondary N) is 1. The van der Waals surface area contributed by atoms with Crippen LogP contribution in [-0.4, -0.2) is 28.0 Å². The highest BCUT2D eigenvalue weighted by atomic mass is 35.5. The van der Waals surface area contributed by atoms with Gasteiger partial charge in [-0.15, -0.1) is 0 Å². The number of aromatic nitrogens is 3. The maximum absolute atomic E-state index is 13.0. The molecule has 6 nitrogen and oxygen atoms in total. The molecule has 1 saturated heterocycles. The Hall–Kier alpha value is -2.15. The van der Waals surface area contributed by atoms with Crippen LogP contribution in [0.25, 0.3) is 0 Å². The molecule has 1 fully saturated rings. The van der Waals surface area contributed by atoms with E-state index in [2.05, 4.69) is 25.2 Å². The van der Waals surface area contributed by atoms with Crippen molar-refractivity contribution in [3.63, 3.8) is 0 Å².